The Kier molecular flexibility index (Phi) is 3.78. The Balaban J connectivity index is 2.06. The lowest BCUT2D eigenvalue weighted by Crippen LogP contribution is -2.04. The fourth-order valence-corrected chi connectivity index (χ4v) is 1.60. The maximum Gasteiger partial charge on any atom is 0.133 e. The van der Waals surface area contributed by atoms with Crippen LogP contribution in [0.15, 0.2) is 24.7 Å². The van der Waals surface area contributed by atoms with Crippen LogP contribution in [0.25, 0.3) is 0 Å². The average Bonchev–Trinajstić information content (AvgIpc) is 2.78. The number of pyridine rings is 1. The minimum absolute atomic E-state index is 0.639. The van der Waals surface area contributed by atoms with Crippen LogP contribution in [0.2, 0.25) is 0 Å². The van der Waals surface area contributed by atoms with Crippen molar-refractivity contribution in [1.82, 2.24) is 14.8 Å². The normalized spacial score (nSPS) is 10.6. The first-order valence-corrected chi connectivity index (χ1v) is 5.69. The number of hydrogen-bond donors (Lipinski definition) is 2. The van der Waals surface area contributed by atoms with E-state index in [1.807, 2.05) is 23.9 Å². The number of nitrogen functional groups attached to an aromatic ring is 1. The van der Waals surface area contributed by atoms with Crippen molar-refractivity contribution in [2.24, 2.45) is 0 Å². The van der Waals surface area contributed by atoms with E-state index in [4.69, 9.17) is 10.5 Å². The van der Waals surface area contributed by atoms with Gasteiger partial charge in [0.1, 0.15) is 5.82 Å². The topological polar surface area (TPSA) is 78.0 Å². The molecule has 0 amide bonds. The molecule has 96 valence electrons. The van der Waals surface area contributed by atoms with Gasteiger partial charge in [-0.3, -0.25) is 4.68 Å². The highest BCUT2D eigenvalue weighted by Crippen LogP contribution is 2.18. The Morgan fingerprint density at radius 3 is 3.00 bits per heavy atom. The van der Waals surface area contributed by atoms with Crippen LogP contribution in [-0.4, -0.2) is 28.5 Å². The molecule has 2 heterocycles. The smallest absolute Gasteiger partial charge is 0.133 e. The van der Waals surface area contributed by atoms with E-state index in [9.17, 15) is 0 Å². The number of nitrogens with one attached hydrogen (secondary N) is 1. The van der Waals surface area contributed by atoms with Gasteiger partial charge in [-0.2, -0.15) is 5.10 Å². The van der Waals surface area contributed by atoms with Crippen LogP contribution in [0, 0.1) is 6.92 Å². The van der Waals surface area contributed by atoms with E-state index in [2.05, 4.69) is 15.4 Å². The number of rotatable bonds is 5. The molecule has 0 atom stereocenters. The number of anilines is 3. The van der Waals surface area contributed by atoms with E-state index in [0.717, 1.165) is 23.6 Å². The van der Waals surface area contributed by atoms with Crippen LogP contribution in [-0.2, 0) is 11.3 Å². The maximum atomic E-state index is 5.66. The molecule has 0 aromatic carbocycles. The molecule has 0 saturated carbocycles. The summed E-state index contributed by atoms with van der Waals surface area (Å²) in [4.78, 5) is 4.25. The molecule has 6 nitrogen and oxygen atoms in total. The van der Waals surface area contributed by atoms with Crippen LogP contribution in [0.5, 0.6) is 0 Å². The Morgan fingerprint density at radius 1 is 1.44 bits per heavy atom. The lowest BCUT2D eigenvalue weighted by molar-refractivity contribution is 0.183. The summed E-state index contributed by atoms with van der Waals surface area (Å²) in [6.45, 7) is 3.33. The highest BCUT2D eigenvalue weighted by molar-refractivity contribution is 5.59. The average molecular weight is 247 g/mol. The molecule has 2 rings (SSSR count). The van der Waals surface area contributed by atoms with Gasteiger partial charge in [0.25, 0.3) is 0 Å². The largest absolute Gasteiger partial charge is 0.397 e. The Bertz CT molecular complexity index is 523. The Morgan fingerprint density at radius 2 is 2.28 bits per heavy atom. The lowest BCUT2D eigenvalue weighted by atomic mass is 10.2. The predicted octanol–water partition coefficient (Wildman–Crippen LogP) is 1.56. The fraction of sp³-hybridized carbons (Fsp3) is 0.333. The molecule has 0 aliphatic carbocycles. The van der Waals surface area contributed by atoms with Crippen LogP contribution in [0.1, 0.15) is 5.56 Å². The molecule has 2 aromatic heterocycles. The van der Waals surface area contributed by atoms with Crippen molar-refractivity contribution in [3.63, 3.8) is 0 Å². The van der Waals surface area contributed by atoms with E-state index < -0.39 is 0 Å². The minimum Gasteiger partial charge on any atom is -0.397 e. The van der Waals surface area contributed by atoms with E-state index >= 15 is 0 Å². The van der Waals surface area contributed by atoms with Crippen LogP contribution in [0.4, 0.5) is 17.2 Å². The van der Waals surface area contributed by atoms with Gasteiger partial charge in [-0.15, -0.1) is 0 Å². The first-order chi connectivity index (χ1) is 8.69. The van der Waals surface area contributed by atoms with Crippen LogP contribution >= 0.6 is 0 Å². The zero-order chi connectivity index (χ0) is 13.0. The first kappa shape index (κ1) is 12.4. The number of nitrogens with two attached hydrogens (primary N) is 1. The number of methoxy groups -OCH3 is 1. The van der Waals surface area contributed by atoms with Gasteiger partial charge in [0, 0.05) is 13.3 Å². The molecular formula is C12H17N5O. The number of hydrogen-bond acceptors (Lipinski definition) is 5. The van der Waals surface area contributed by atoms with Gasteiger partial charge >= 0.3 is 0 Å². The standard InChI is InChI=1S/C12H17N5O/c1-9-5-10(13)6-14-12(9)16-11-7-15-17(8-11)3-4-18-2/h5-8H,3-4,13H2,1-2H3,(H,14,16). The molecule has 6 heteroatoms. The van der Waals surface area contributed by atoms with Crippen molar-refractivity contribution in [3.8, 4) is 0 Å². The molecule has 2 aromatic rings. The molecule has 0 fully saturated rings. The summed E-state index contributed by atoms with van der Waals surface area (Å²) in [5.74, 6) is 0.787. The van der Waals surface area contributed by atoms with Gasteiger partial charge in [-0.05, 0) is 18.6 Å². The zero-order valence-electron chi connectivity index (χ0n) is 10.6. The third kappa shape index (κ3) is 2.98. The van der Waals surface area contributed by atoms with Crippen molar-refractivity contribution < 1.29 is 4.74 Å². The van der Waals surface area contributed by atoms with Gasteiger partial charge < -0.3 is 15.8 Å². The molecule has 0 saturated heterocycles. The van der Waals surface area contributed by atoms with Gasteiger partial charge in [0.05, 0.1) is 36.9 Å². The van der Waals surface area contributed by atoms with Crippen molar-refractivity contribution >= 4 is 17.2 Å². The van der Waals surface area contributed by atoms with E-state index in [-0.39, 0.29) is 0 Å². The number of aromatic nitrogens is 3. The second-order valence-corrected chi connectivity index (χ2v) is 4.04. The van der Waals surface area contributed by atoms with Crippen LogP contribution in [0.3, 0.4) is 0 Å². The second-order valence-electron chi connectivity index (χ2n) is 4.04. The van der Waals surface area contributed by atoms with Gasteiger partial charge in [-0.1, -0.05) is 0 Å². The molecule has 0 bridgehead atoms. The summed E-state index contributed by atoms with van der Waals surface area (Å²) >= 11 is 0. The lowest BCUT2D eigenvalue weighted by Gasteiger charge is -2.06. The van der Waals surface area contributed by atoms with Crippen molar-refractivity contribution in [2.45, 2.75) is 13.5 Å². The quantitative estimate of drug-likeness (QED) is 0.838. The number of aryl methyl sites for hydroxylation is 1. The summed E-state index contributed by atoms with van der Waals surface area (Å²) in [6, 6.07) is 1.88. The highest BCUT2D eigenvalue weighted by atomic mass is 16.5. The van der Waals surface area contributed by atoms with Gasteiger partial charge in [0.2, 0.25) is 0 Å². The number of ether oxygens (including phenoxy) is 1. The second kappa shape index (κ2) is 5.50. The predicted molar refractivity (Wildman–Crippen MR) is 70.8 cm³/mol. The Hall–Kier alpha value is -2.08. The molecular weight excluding hydrogens is 230 g/mol. The fourth-order valence-electron chi connectivity index (χ4n) is 1.60. The molecule has 0 unspecified atom stereocenters. The summed E-state index contributed by atoms with van der Waals surface area (Å²) in [6.07, 6.45) is 5.30. The third-order valence-electron chi connectivity index (χ3n) is 2.52. The number of nitrogens with zero attached hydrogens (tertiary/aromatic N) is 3. The van der Waals surface area contributed by atoms with E-state index in [0.29, 0.717) is 12.3 Å². The molecule has 18 heavy (non-hydrogen) atoms. The summed E-state index contributed by atoms with van der Waals surface area (Å²) in [7, 11) is 1.67. The highest BCUT2D eigenvalue weighted by Gasteiger charge is 2.03. The molecule has 0 aliphatic heterocycles. The van der Waals surface area contributed by atoms with E-state index in [1.54, 1.807) is 19.5 Å². The molecule has 0 radical (unpaired) electrons. The summed E-state index contributed by atoms with van der Waals surface area (Å²) < 4.78 is 6.82. The van der Waals surface area contributed by atoms with E-state index in [1.165, 1.54) is 0 Å². The van der Waals surface area contributed by atoms with Gasteiger partial charge in [-0.25, -0.2) is 4.98 Å². The maximum absolute atomic E-state index is 5.66. The van der Waals surface area contributed by atoms with Crippen molar-refractivity contribution in [2.75, 3.05) is 24.8 Å². The van der Waals surface area contributed by atoms with Crippen molar-refractivity contribution in [1.29, 1.82) is 0 Å². The summed E-state index contributed by atoms with van der Waals surface area (Å²) in [5, 5.41) is 7.42. The molecule has 0 spiro atoms. The third-order valence-corrected chi connectivity index (χ3v) is 2.52. The monoisotopic (exact) mass is 247 g/mol. The van der Waals surface area contributed by atoms with Crippen LogP contribution < -0.4 is 11.1 Å². The minimum atomic E-state index is 0.639. The summed E-state index contributed by atoms with van der Waals surface area (Å²) in [5.41, 5.74) is 8.21. The SMILES string of the molecule is COCCn1cc(Nc2ncc(N)cc2C)cn1. The zero-order valence-corrected chi connectivity index (χ0v) is 10.6. The first-order valence-electron chi connectivity index (χ1n) is 5.69. The Labute approximate surface area is 106 Å². The molecule has 3 N–H and O–H groups in total. The molecule has 0 aliphatic rings. The van der Waals surface area contributed by atoms with Crippen molar-refractivity contribution in [3.05, 3.63) is 30.2 Å². The van der Waals surface area contributed by atoms with Gasteiger partial charge in [0.15, 0.2) is 0 Å².